The van der Waals surface area contributed by atoms with Crippen molar-refractivity contribution in [3.05, 3.63) is 41.9 Å². The van der Waals surface area contributed by atoms with Crippen LogP contribution in [0.2, 0.25) is 0 Å². The number of hydrogen-bond acceptors (Lipinski definition) is 6. The quantitative estimate of drug-likeness (QED) is 0.208. The van der Waals surface area contributed by atoms with E-state index in [0.717, 1.165) is 6.20 Å². The molecule has 0 radical (unpaired) electrons. The highest BCUT2D eigenvalue weighted by Crippen LogP contribution is 2.61. The van der Waals surface area contributed by atoms with Crippen molar-refractivity contribution in [2.75, 3.05) is 13.1 Å². The van der Waals surface area contributed by atoms with Gasteiger partial charge in [0.2, 0.25) is 5.92 Å². The van der Waals surface area contributed by atoms with Crippen molar-refractivity contribution >= 4 is 22.8 Å². The molecule has 5 atom stereocenters. The Hall–Kier alpha value is -3.95. The van der Waals surface area contributed by atoms with E-state index in [1.165, 1.54) is 0 Å². The highest BCUT2D eigenvalue weighted by Gasteiger charge is 2.67. The molecular formula is C41H46F7N5O4. The molecule has 4 bridgehead atoms. The van der Waals surface area contributed by atoms with Crippen LogP contribution in [-0.4, -0.2) is 84.7 Å². The number of amides is 1. The minimum atomic E-state index is -3.67. The van der Waals surface area contributed by atoms with Gasteiger partial charge in [-0.05, 0) is 101 Å². The van der Waals surface area contributed by atoms with Crippen molar-refractivity contribution in [3.63, 3.8) is 0 Å². The summed E-state index contributed by atoms with van der Waals surface area (Å²) in [7, 11) is 0. The van der Waals surface area contributed by atoms with Crippen LogP contribution >= 0.6 is 0 Å². The number of ether oxygens (including phenoxy) is 1. The van der Waals surface area contributed by atoms with Crippen molar-refractivity contribution in [3.8, 4) is 17.1 Å². The van der Waals surface area contributed by atoms with E-state index in [0.29, 0.717) is 74.1 Å². The third-order valence-electron chi connectivity index (χ3n) is 14.0. The molecule has 1 amide bonds. The van der Waals surface area contributed by atoms with E-state index in [1.54, 1.807) is 24.4 Å². The molecule has 1 saturated heterocycles. The molecule has 3 heterocycles. The van der Waals surface area contributed by atoms with Crippen LogP contribution in [0.25, 0.3) is 22.3 Å². The Balaban J connectivity index is 1.02. The number of hydrogen-bond donors (Lipinski definition) is 2. The van der Waals surface area contributed by atoms with Gasteiger partial charge in [-0.25, -0.2) is 36.7 Å². The average Bonchev–Trinajstić information content (AvgIpc) is 3.50. The third-order valence-corrected chi connectivity index (χ3v) is 14.0. The van der Waals surface area contributed by atoms with Gasteiger partial charge in [-0.1, -0.05) is 0 Å². The van der Waals surface area contributed by atoms with Gasteiger partial charge in [0.05, 0.1) is 30.3 Å². The van der Waals surface area contributed by atoms with Gasteiger partial charge in [-0.2, -0.15) is 8.78 Å². The number of fused-ring (bicyclic) bond motifs is 1. The number of benzene rings is 1. The molecule has 1 unspecified atom stereocenters. The molecule has 1 aromatic carbocycles. The van der Waals surface area contributed by atoms with Gasteiger partial charge in [-0.15, -0.1) is 0 Å². The summed E-state index contributed by atoms with van der Waals surface area (Å²) in [5.74, 6) is -12.5. The lowest BCUT2D eigenvalue weighted by Gasteiger charge is -2.61. The Morgan fingerprint density at radius 3 is 2.18 bits per heavy atom. The first-order valence-electron chi connectivity index (χ1n) is 20.1. The Bertz CT molecular complexity index is 2060. The van der Waals surface area contributed by atoms with Crippen molar-refractivity contribution < 1.29 is 50.2 Å². The summed E-state index contributed by atoms with van der Waals surface area (Å²) >= 11 is 0. The molecule has 57 heavy (non-hydrogen) atoms. The van der Waals surface area contributed by atoms with Crippen molar-refractivity contribution in [2.45, 2.75) is 138 Å². The molecule has 308 valence electrons. The van der Waals surface area contributed by atoms with Gasteiger partial charge in [0.1, 0.15) is 22.7 Å². The molecule has 6 saturated carbocycles. The predicted molar refractivity (Wildman–Crippen MR) is 193 cm³/mol. The number of alkyl halides is 7. The van der Waals surface area contributed by atoms with E-state index in [2.05, 4.69) is 15.3 Å². The van der Waals surface area contributed by atoms with Gasteiger partial charge in [-0.3, -0.25) is 9.69 Å². The van der Waals surface area contributed by atoms with E-state index in [4.69, 9.17) is 4.74 Å². The second-order valence-corrected chi connectivity index (χ2v) is 18.0. The van der Waals surface area contributed by atoms with Gasteiger partial charge in [0.15, 0.2) is 5.82 Å². The second-order valence-electron chi connectivity index (χ2n) is 18.0. The lowest BCUT2D eigenvalue weighted by atomic mass is 9.47. The number of carboxylic acid groups (broad SMARTS) is 1. The summed E-state index contributed by atoms with van der Waals surface area (Å²) in [4.78, 5) is 37.2. The first-order valence-corrected chi connectivity index (χ1v) is 20.1. The molecular weight excluding hydrogens is 759 g/mol. The zero-order valence-corrected chi connectivity index (χ0v) is 31.6. The number of carboxylic acids is 1. The third kappa shape index (κ3) is 6.84. The fraction of sp³-hybridized carbons (Fsp3) is 0.659. The molecule has 2 N–H and O–H groups in total. The van der Waals surface area contributed by atoms with E-state index < -0.39 is 63.9 Å². The molecule has 3 aromatic rings. The maximum absolute atomic E-state index is 15.6. The smallest absolute Gasteiger partial charge is 0.330 e. The van der Waals surface area contributed by atoms with E-state index in [9.17, 15) is 32.3 Å². The first-order chi connectivity index (χ1) is 26.8. The van der Waals surface area contributed by atoms with Crippen LogP contribution in [0.4, 0.5) is 30.7 Å². The average molecular weight is 806 g/mol. The lowest BCUT2D eigenvalue weighted by Crippen LogP contribution is -2.72. The van der Waals surface area contributed by atoms with Crippen LogP contribution in [0.3, 0.4) is 0 Å². The summed E-state index contributed by atoms with van der Waals surface area (Å²) < 4.78 is 110. The monoisotopic (exact) mass is 805 g/mol. The SMILES string of the molecule is CC(F)(F)c1nc(-c2cn(C3CCC(F)(F)CC3)c3cc(O[C@H]4CC[C@H](N5CC(F)(F)C5)CC4)ccc23)ncc1C(=O)N[C@]1(C(=O)O)[C@@H]2CC3C[C@H]1C[C@@](F)(C3)C2. The number of halogens is 7. The fourth-order valence-electron chi connectivity index (χ4n) is 11.4. The molecule has 10 rings (SSSR count). The van der Waals surface area contributed by atoms with Crippen LogP contribution < -0.4 is 10.1 Å². The number of nitrogens with one attached hydrogen (secondary N) is 1. The summed E-state index contributed by atoms with van der Waals surface area (Å²) in [6.07, 6.45) is 6.04. The molecule has 6 aliphatic carbocycles. The lowest BCUT2D eigenvalue weighted by molar-refractivity contribution is -0.174. The molecule has 7 aliphatic rings. The highest BCUT2D eigenvalue weighted by atomic mass is 19.3. The Morgan fingerprint density at radius 1 is 0.912 bits per heavy atom. The number of carbonyl (C=O) groups is 2. The normalized spacial score (nSPS) is 33.6. The summed E-state index contributed by atoms with van der Waals surface area (Å²) in [6.45, 7) is 0.135. The summed E-state index contributed by atoms with van der Waals surface area (Å²) in [6, 6.07) is 4.96. The number of likely N-dealkylation sites (tertiary alicyclic amines) is 1. The highest BCUT2D eigenvalue weighted by molar-refractivity contribution is 6.00. The minimum Gasteiger partial charge on any atom is -0.490 e. The van der Waals surface area contributed by atoms with Crippen molar-refractivity contribution in [1.29, 1.82) is 0 Å². The van der Waals surface area contributed by atoms with E-state index in [1.807, 2.05) is 9.47 Å². The zero-order valence-electron chi connectivity index (χ0n) is 31.6. The molecule has 7 fully saturated rings. The predicted octanol–water partition coefficient (Wildman–Crippen LogP) is 8.70. The maximum atomic E-state index is 15.6. The van der Waals surface area contributed by atoms with Crippen LogP contribution in [0.1, 0.15) is 112 Å². The standard InChI is InChI=1S/C41H46F7N5O4/c1-37(42,43)33-30(35(54)51-41(36(55)56)23-12-22-13-24(41)17-38(44,15-22)16-23)18-49-34(50-33)31-19-53(26-8-10-39(45,46)11-9-26)32-14-28(6-7-29(31)32)57-27-4-2-25(3-5-27)52-20-40(47,48)21-52/h6-7,14,18-19,22-27H,2-5,8-13,15-17,20-21H2,1H3,(H,51,54)(H,55,56)/t22?,23-,24+,25-,27-,38-,41-. The van der Waals surface area contributed by atoms with Crippen molar-refractivity contribution in [2.24, 2.45) is 17.8 Å². The number of aromatic nitrogens is 3. The number of rotatable bonds is 9. The molecule has 16 heteroatoms. The number of carbonyl (C=O) groups excluding carboxylic acids is 1. The van der Waals surface area contributed by atoms with E-state index in [-0.39, 0.29) is 81.5 Å². The second kappa shape index (κ2) is 13.3. The van der Waals surface area contributed by atoms with Crippen LogP contribution in [0, 0.1) is 17.8 Å². The van der Waals surface area contributed by atoms with Gasteiger partial charge in [0, 0.05) is 61.3 Å². The maximum Gasteiger partial charge on any atom is 0.330 e. The Kier molecular flexibility index (Phi) is 8.99. The van der Waals surface area contributed by atoms with Crippen LogP contribution in [0.5, 0.6) is 5.75 Å². The molecule has 0 spiro atoms. The van der Waals surface area contributed by atoms with Gasteiger partial charge >= 0.3 is 5.97 Å². The first kappa shape index (κ1) is 38.6. The topological polar surface area (TPSA) is 110 Å². The van der Waals surface area contributed by atoms with Crippen LogP contribution in [-0.2, 0) is 10.7 Å². The molecule has 2 aromatic heterocycles. The van der Waals surface area contributed by atoms with Gasteiger partial charge in [0.25, 0.3) is 17.8 Å². The van der Waals surface area contributed by atoms with Crippen LogP contribution in [0.15, 0.2) is 30.6 Å². The fourth-order valence-corrected chi connectivity index (χ4v) is 11.4. The molecule has 9 nitrogen and oxygen atoms in total. The van der Waals surface area contributed by atoms with Gasteiger partial charge < -0.3 is 19.7 Å². The van der Waals surface area contributed by atoms with E-state index >= 15 is 13.2 Å². The van der Waals surface area contributed by atoms with Crippen molar-refractivity contribution in [1.82, 2.24) is 24.8 Å². The summed E-state index contributed by atoms with van der Waals surface area (Å²) in [5.41, 5.74) is -3.91. The zero-order chi connectivity index (χ0) is 40.3. The minimum absolute atomic E-state index is 0.000374. The number of nitrogens with zero attached hydrogens (tertiary/aromatic N) is 4. The Labute approximate surface area is 324 Å². The summed E-state index contributed by atoms with van der Waals surface area (Å²) in [5, 5.41) is 13.6. The number of aliphatic carboxylic acids is 1. The largest absolute Gasteiger partial charge is 0.490 e. The molecule has 1 aliphatic heterocycles. The Morgan fingerprint density at radius 2 is 1.58 bits per heavy atom.